The molecule has 2 aromatic carbocycles. The number of hydrazine groups is 1. The maximum Gasteiger partial charge on any atom is 0.226 e. The van der Waals surface area contributed by atoms with Gasteiger partial charge in [-0.3, -0.25) is 9.78 Å². The highest BCUT2D eigenvalue weighted by Crippen LogP contribution is 2.43. The minimum atomic E-state index is -0.484. The van der Waals surface area contributed by atoms with E-state index in [2.05, 4.69) is 43.0 Å². The van der Waals surface area contributed by atoms with E-state index >= 15 is 4.39 Å². The number of carbonyl (C=O) groups excluding carboxylic acids is 1. The first-order chi connectivity index (χ1) is 26.2. The maximum absolute atomic E-state index is 16.3. The first-order valence-corrected chi connectivity index (χ1v) is 19.1. The second-order valence-corrected chi connectivity index (χ2v) is 15.1. The van der Waals surface area contributed by atoms with Gasteiger partial charge in [-0.15, -0.1) is 5.10 Å². The van der Waals surface area contributed by atoms with E-state index in [0.29, 0.717) is 45.0 Å². The number of hydrogen-bond acceptors (Lipinski definition) is 8. The number of hydrogen-bond donors (Lipinski definition) is 5. The highest BCUT2D eigenvalue weighted by atomic mass is 35.5. The second-order valence-electron chi connectivity index (χ2n) is 14.4. The molecule has 1 amide bonds. The van der Waals surface area contributed by atoms with Crippen LogP contribution in [0, 0.1) is 35.9 Å². The highest BCUT2D eigenvalue weighted by Gasteiger charge is 2.39. The first-order valence-electron chi connectivity index (χ1n) is 18.4. The fourth-order valence-corrected chi connectivity index (χ4v) is 8.12. The number of likely N-dealkylation sites (tertiary alicyclic amines) is 1. The number of H-pyrrole nitrogens is 1. The van der Waals surface area contributed by atoms with Crippen molar-refractivity contribution >= 4 is 56.8 Å². The molecule has 0 spiro atoms. The average Bonchev–Trinajstić information content (AvgIpc) is 3.56. The van der Waals surface area contributed by atoms with Gasteiger partial charge in [0.15, 0.2) is 11.7 Å². The Bertz CT molecular complexity index is 2230. The quantitative estimate of drug-likeness (QED) is 0.0500. The SMILES string of the molecule is C1NC2CC1C2.Cc1nc2c(F)c(-c3cccc(Cl)c3Cl)c(CCC#N)cc2c2[nH]c(C3CCCN3C(=O)C3CC3)cc12.NN/N=C(\N)c1ccncc1. The lowest BCUT2D eigenvalue weighted by Crippen LogP contribution is -2.31. The number of amides is 1. The summed E-state index contributed by atoms with van der Waals surface area (Å²) in [4.78, 5) is 27.0. The van der Waals surface area contributed by atoms with Gasteiger partial charge < -0.3 is 20.9 Å². The van der Waals surface area contributed by atoms with Gasteiger partial charge in [0.25, 0.3) is 0 Å². The molecule has 2 bridgehead atoms. The lowest BCUT2D eigenvalue weighted by atomic mass is 9.87. The van der Waals surface area contributed by atoms with E-state index in [9.17, 15) is 10.1 Å². The van der Waals surface area contributed by atoms with Crippen molar-refractivity contribution in [3.05, 3.63) is 93.2 Å². The molecule has 11 nitrogen and oxygen atoms in total. The van der Waals surface area contributed by atoms with Crippen molar-refractivity contribution < 1.29 is 9.18 Å². The lowest BCUT2D eigenvalue weighted by Gasteiger charge is -2.24. The number of nitrogens with zero attached hydrogens (tertiary/aromatic N) is 5. The van der Waals surface area contributed by atoms with Gasteiger partial charge in [-0.25, -0.2) is 20.8 Å². The molecule has 5 fully saturated rings. The number of hydrazone groups is 1. The summed E-state index contributed by atoms with van der Waals surface area (Å²) in [5, 5.41) is 18.4. The lowest BCUT2D eigenvalue weighted by molar-refractivity contribution is -0.133. The molecule has 3 saturated heterocycles. The molecule has 2 aliphatic carbocycles. The van der Waals surface area contributed by atoms with Crippen LogP contribution in [0.2, 0.25) is 10.0 Å². The number of fused-ring (bicyclic) bond motifs is 4. The van der Waals surface area contributed by atoms with Crippen molar-refractivity contribution in [3.63, 3.8) is 0 Å². The van der Waals surface area contributed by atoms with Gasteiger partial charge in [0, 0.05) is 76.2 Å². The average molecular weight is 770 g/mol. The molecule has 2 saturated carbocycles. The summed E-state index contributed by atoms with van der Waals surface area (Å²) >= 11 is 12.8. The summed E-state index contributed by atoms with van der Waals surface area (Å²) in [6.07, 6.45) is 10.6. The van der Waals surface area contributed by atoms with Crippen LogP contribution in [0.5, 0.6) is 0 Å². The summed E-state index contributed by atoms with van der Waals surface area (Å²) in [6.45, 7) is 3.95. The standard InChI is InChI=1S/C29H25Cl2FN4O.C6H9N5.C5H9N/c1-15-19-14-22(23-8-4-12-36(23)29(37)16-9-10-16)35-27(19)20-13-17(5-3-11-33)24(26(32)28(20)34-15)18-6-2-7-21(30)25(18)31;7-6(10-11-8)5-1-3-9-4-2-5;1-4-2-5(1)6-3-4/h2,6-7,13-14,16,23,35H,3-5,8-10,12H2,1H3;1-4,11H,8H2,(H2,7,10);4-6H,1-3H2. The van der Waals surface area contributed by atoms with Gasteiger partial charge in [0.2, 0.25) is 5.91 Å². The van der Waals surface area contributed by atoms with Crippen molar-refractivity contribution in [1.82, 2.24) is 30.7 Å². The molecule has 280 valence electrons. The fraction of sp³-hybridized carbons (Fsp3) is 0.375. The predicted molar refractivity (Wildman–Crippen MR) is 211 cm³/mol. The van der Waals surface area contributed by atoms with Crippen LogP contribution in [0.4, 0.5) is 4.39 Å². The van der Waals surface area contributed by atoms with E-state index in [-0.39, 0.29) is 34.8 Å². The van der Waals surface area contributed by atoms with E-state index < -0.39 is 5.82 Å². The van der Waals surface area contributed by atoms with Crippen LogP contribution in [-0.2, 0) is 11.2 Å². The first kappa shape index (κ1) is 37.5. The number of nitrogens with one attached hydrogen (secondary N) is 3. The molecule has 5 aromatic rings. The summed E-state index contributed by atoms with van der Waals surface area (Å²) in [5.41, 5.74) is 12.6. The van der Waals surface area contributed by atoms with Crippen LogP contribution in [-0.4, -0.2) is 50.7 Å². The number of benzene rings is 2. The Kier molecular flexibility index (Phi) is 11.3. The zero-order valence-corrected chi connectivity index (χ0v) is 31.5. The minimum absolute atomic E-state index is 0.0117. The Balaban J connectivity index is 0.000000215. The molecule has 3 aromatic heterocycles. The van der Waals surface area contributed by atoms with Crippen LogP contribution in [0.15, 0.2) is 60.0 Å². The Labute approximate surface area is 323 Å². The molecule has 1 atom stereocenters. The summed E-state index contributed by atoms with van der Waals surface area (Å²) in [5.74, 6) is 6.28. The fourth-order valence-electron chi connectivity index (χ4n) is 7.73. The zero-order chi connectivity index (χ0) is 37.9. The summed E-state index contributed by atoms with van der Waals surface area (Å²) in [6, 6.07) is 15.7. The number of pyridine rings is 2. The van der Waals surface area contributed by atoms with E-state index in [4.69, 9.17) is 34.8 Å². The third-order valence-electron chi connectivity index (χ3n) is 10.7. The van der Waals surface area contributed by atoms with E-state index in [1.165, 1.54) is 19.4 Å². The molecular formula is C40H43Cl2FN10O. The van der Waals surface area contributed by atoms with E-state index in [1.807, 2.05) is 17.9 Å². The van der Waals surface area contributed by atoms with E-state index in [0.717, 1.165) is 66.3 Å². The maximum atomic E-state index is 16.3. The number of carbonyl (C=O) groups is 1. The molecule has 0 radical (unpaired) electrons. The van der Waals surface area contributed by atoms with Gasteiger partial charge in [-0.05, 0) is 100 Å². The van der Waals surface area contributed by atoms with Gasteiger partial charge in [0.1, 0.15) is 5.52 Å². The monoisotopic (exact) mass is 768 g/mol. The molecule has 54 heavy (non-hydrogen) atoms. The molecule has 1 unspecified atom stereocenters. The third-order valence-corrected chi connectivity index (χ3v) is 11.6. The van der Waals surface area contributed by atoms with Crippen molar-refractivity contribution in [2.75, 3.05) is 13.1 Å². The normalized spacial score (nSPS) is 20.1. The number of rotatable bonds is 7. The number of nitriles is 1. The van der Waals surface area contributed by atoms with Crippen molar-refractivity contribution in [3.8, 4) is 17.2 Å². The Morgan fingerprint density at radius 1 is 1.15 bits per heavy atom. The summed E-state index contributed by atoms with van der Waals surface area (Å²) in [7, 11) is 0. The van der Waals surface area contributed by atoms with Crippen LogP contribution in [0.3, 0.4) is 0 Å². The Hall–Kier alpha value is -4.80. The largest absolute Gasteiger partial charge is 0.382 e. The molecule has 10 rings (SSSR count). The smallest absolute Gasteiger partial charge is 0.226 e. The second kappa shape index (κ2) is 16.3. The highest BCUT2D eigenvalue weighted by molar-refractivity contribution is 6.43. The number of aryl methyl sites for hydroxylation is 2. The molecule has 6 heterocycles. The zero-order valence-electron chi connectivity index (χ0n) is 30.0. The minimum Gasteiger partial charge on any atom is -0.382 e. The van der Waals surface area contributed by atoms with Crippen LogP contribution < -0.4 is 22.4 Å². The van der Waals surface area contributed by atoms with Crippen molar-refractivity contribution in [2.45, 2.75) is 70.4 Å². The van der Waals surface area contributed by atoms with Gasteiger partial charge >= 0.3 is 0 Å². The van der Waals surface area contributed by atoms with Crippen LogP contribution in [0.1, 0.15) is 73.5 Å². The van der Waals surface area contributed by atoms with Crippen LogP contribution in [0.25, 0.3) is 32.9 Å². The molecule has 14 heteroatoms. The van der Waals surface area contributed by atoms with Crippen molar-refractivity contribution in [2.24, 2.45) is 28.5 Å². The number of aromatic amines is 1. The predicted octanol–water partition coefficient (Wildman–Crippen LogP) is 7.20. The number of amidine groups is 1. The number of aromatic nitrogens is 3. The molecular weight excluding hydrogens is 726 g/mol. The van der Waals surface area contributed by atoms with Gasteiger partial charge in [0.05, 0.1) is 27.7 Å². The topological polar surface area (TPSA) is 174 Å². The third kappa shape index (κ3) is 7.72. The summed E-state index contributed by atoms with van der Waals surface area (Å²) < 4.78 is 16.3. The molecule has 7 N–H and O–H groups in total. The Morgan fingerprint density at radius 3 is 2.57 bits per heavy atom. The molecule has 5 aliphatic rings. The van der Waals surface area contributed by atoms with E-state index in [1.54, 1.807) is 42.7 Å². The van der Waals surface area contributed by atoms with Crippen LogP contribution >= 0.6 is 23.2 Å². The van der Waals surface area contributed by atoms with Gasteiger partial charge in [-0.1, -0.05) is 35.3 Å². The van der Waals surface area contributed by atoms with Gasteiger partial charge in [-0.2, -0.15) is 5.26 Å². The molecule has 3 aliphatic heterocycles. The van der Waals surface area contributed by atoms with Crippen molar-refractivity contribution in [1.29, 1.82) is 5.26 Å². The number of halogens is 3. The Morgan fingerprint density at radius 2 is 1.93 bits per heavy atom. The number of nitrogens with two attached hydrogens (primary N) is 2.